The maximum absolute atomic E-state index is 10.4. The lowest BCUT2D eigenvalue weighted by Gasteiger charge is -2.17. The number of aromatic nitrogens is 1. The molecule has 0 spiro atoms. The minimum absolute atomic E-state index is 0.414. The van der Waals surface area contributed by atoms with Crippen LogP contribution in [0.1, 0.15) is 17.4 Å². The summed E-state index contributed by atoms with van der Waals surface area (Å²) in [5, 5.41) is 10.4. The van der Waals surface area contributed by atoms with Gasteiger partial charge in [0, 0.05) is 18.3 Å². The lowest BCUT2D eigenvalue weighted by Crippen LogP contribution is -2.07. The highest BCUT2D eigenvalue weighted by Gasteiger charge is 2.19. The maximum atomic E-state index is 10.4. The Kier molecular flexibility index (Phi) is 4.36. The zero-order valence-corrected chi connectivity index (χ0v) is 11.0. The number of pyridine rings is 1. The summed E-state index contributed by atoms with van der Waals surface area (Å²) in [5.74, 6) is 1.23. The zero-order valence-electron chi connectivity index (χ0n) is 11.0. The van der Waals surface area contributed by atoms with Gasteiger partial charge >= 0.3 is 0 Å². The van der Waals surface area contributed by atoms with E-state index in [2.05, 4.69) is 4.98 Å². The summed E-state index contributed by atoms with van der Waals surface area (Å²) in [5.41, 5.74) is 1.47. The molecule has 2 rings (SSSR count). The molecule has 1 aromatic carbocycles. The lowest BCUT2D eigenvalue weighted by molar-refractivity contribution is 0.168. The monoisotopic (exact) mass is 259 g/mol. The highest BCUT2D eigenvalue weighted by molar-refractivity contribution is 5.46. The molecular weight excluding hydrogens is 242 g/mol. The van der Waals surface area contributed by atoms with E-state index in [1.165, 1.54) is 0 Å². The Morgan fingerprint density at radius 3 is 2.26 bits per heavy atom. The molecule has 1 aromatic heterocycles. The minimum atomic E-state index is -0.721. The van der Waals surface area contributed by atoms with Gasteiger partial charge in [-0.1, -0.05) is 12.1 Å². The SMILES string of the molecule is COc1cccc(OC)c1C(O)Cc1ccccn1. The number of nitrogens with zero attached hydrogens (tertiary/aromatic N) is 1. The van der Waals surface area contributed by atoms with E-state index in [9.17, 15) is 5.11 Å². The van der Waals surface area contributed by atoms with Gasteiger partial charge in [0.25, 0.3) is 0 Å². The highest BCUT2D eigenvalue weighted by Crippen LogP contribution is 2.35. The Morgan fingerprint density at radius 2 is 1.74 bits per heavy atom. The number of hydrogen-bond donors (Lipinski definition) is 1. The summed E-state index contributed by atoms with van der Waals surface area (Å²) in [4.78, 5) is 4.21. The molecule has 19 heavy (non-hydrogen) atoms. The van der Waals surface area contributed by atoms with Crippen molar-refractivity contribution >= 4 is 0 Å². The first-order valence-electron chi connectivity index (χ1n) is 6.05. The number of methoxy groups -OCH3 is 2. The molecule has 1 N–H and O–H groups in total. The van der Waals surface area contributed by atoms with Crippen LogP contribution in [-0.2, 0) is 6.42 Å². The number of aliphatic hydroxyl groups excluding tert-OH is 1. The fourth-order valence-corrected chi connectivity index (χ4v) is 2.03. The van der Waals surface area contributed by atoms with E-state index < -0.39 is 6.10 Å². The van der Waals surface area contributed by atoms with E-state index in [4.69, 9.17) is 9.47 Å². The normalized spacial score (nSPS) is 11.9. The van der Waals surface area contributed by atoms with Crippen molar-refractivity contribution in [3.63, 3.8) is 0 Å². The number of rotatable bonds is 5. The summed E-state index contributed by atoms with van der Waals surface area (Å²) in [6.07, 6.45) is 1.40. The van der Waals surface area contributed by atoms with E-state index >= 15 is 0 Å². The van der Waals surface area contributed by atoms with Crippen LogP contribution in [0.5, 0.6) is 11.5 Å². The average molecular weight is 259 g/mol. The molecule has 1 unspecified atom stereocenters. The standard InChI is InChI=1S/C15H17NO3/c1-18-13-7-5-8-14(19-2)15(13)12(17)10-11-6-3-4-9-16-11/h3-9,12,17H,10H2,1-2H3. The molecule has 0 fully saturated rings. The van der Waals surface area contributed by atoms with Crippen molar-refractivity contribution in [1.29, 1.82) is 0 Å². The molecule has 1 heterocycles. The van der Waals surface area contributed by atoms with Gasteiger partial charge < -0.3 is 14.6 Å². The third kappa shape index (κ3) is 3.03. The topological polar surface area (TPSA) is 51.6 Å². The van der Waals surface area contributed by atoms with Gasteiger partial charge in [0.15, 0.2) is 0 Å². The molecule has 0 aliphatic rings. The van der Waals surface area contributed by atoms with Crippen molar-refractivity contribution in [3.8, 4) is 11.5 Å². The molecule has 4 heteroatoms. The Morgan fingerprint density at radius 1 is 1.05 bits per heavy atom. The molecule has 0 bridgehead atoms. The third-order valence-corrected chi connectivity index (χ3v) is 2.93. The predicted molar refractivity (Wildman–Crippen MR) is 72.4 cm³/mol. The van der Waals surface area contributed by atoms with Crippen LogP contribution in [0.25, 0.3) is 0 Å². The van der Waals surface area contributed by atoms with Crippen molar-refractivity contribution in [2.75, 3.05) is 14.2 Å². The molecule has 0 amide bonds. The summed E-state index contributed by atoms with van der Waals surface area (Å²) in [7, 11) is 3.15. The Labute approximate surface area is 112 Å². The van der Waals surface area contributed by atoms with Gasteiger partial charge in [-0.25, -0.2) is 0 Å². The fraction of sp³-hybridized carbons (Fsp3) is 0.267. The van der Waals surface area contributed by atoms with Crippen LogP contribution in [-0.4, -0.2) is 24.3 Å². The van der Waals surface area contributed by atoms with Gasteiger partial charge in [0.2, 0.25) is 0 Å². The summed E-state index contributed by atoms with van der Waals surface area (Å²) in [6.45, 7) is 0. The molecular formula is C15H17NO3. The first-order valence-corrected chi connectivity index (χ1v) is 6.05. The fourth-order valence-electron chi connectivity index (χ4n) is 2.03. The van der Waals surface area contributed by atoms with E-state index in [1.807, 2.05) is 24.3 Å². The van der Waals surface area contributed by atoms with Crippen molar-refractivity contribution in [2.45, 2.75) is 12.5 Å². The number of aliphatic hydroxyl groups is 1. The second kappa shape index (κ2) is 6.20. The van der Waals surface area contributed by atoms with Gasteiger partial charge in [0.05, 0.1) is 25.9 Å². The lowest BCUT2D eigenvalue weighted by atomic mass is 10.0. The van der Waals surface area contributed by atoms with Crippen LogP contribution in [0.4, 0.5) is 0 Å². The third-order valence-electron chi connectivity index (χ3n) is 2.93. The largest absolute Gasteiger partial charge is 0.496 e. The van der Waals surface area contributed by atoms with E-state index in [0.29, 0.717) is 23.5 Å². The summed E-state index contributed by atoms with van der Waals surface area (Å²) >= 11 is 0. The highest BCUT2D eigenvalue weighted by atomic mass is 16.5. The number of hydrogen-bond acceptors (Lipinski definition) is 4. The molecule has 1 atom stereocenters. The van der Waals surface area contributed by atoms with Crippen LogP contribution in [0, 0.1) is 0 Å². The molecule has 0 radical (unpaired) electrons. The minimum Gasteiger partial charge on any atom is -0.496 e. The first-order chi connectivity index (χ1) is 9.26. The molecule has 0 aliphatic carbocycles. The van der Waals surface area contributed by atoms with Crippen molar-refractivity contribution < 1.29 is 14.6 Å². The van der Waals surface area contributed by atoms with Crippen LogP contribution in [0.3, 0.4) is 0 Å². The Hall–Kier alpha value is -2.07. The summed E-state index contributed by atoms with van der Waals surface area (Å²) in [6, 6.07) is 11.1. The van der Waals surface area contributed by atoms with Crippen molar-refractivity contribution in [3.05, 3.63) is 53.9 Å². The van der Waals surface area contributed by atoms with E-state index in [-0.39, 0.29) is 0 Å². The number of ether oxygens (including phenoxy) is 2. The van der Waals surface area contributed by atoms with Crippen LogP contribution in [0.2, 0.25) is 0 Å². The molecule has 0 saturated carbocycles. The first kappa shape index (κ1) is 13.4. The van der Waals surface area contributed by atoms with E-state index in [1.54, 1.807) is 32.5 Å². The quantitative estimate of drug-likeness (QED) is 0.895. The molecule has 2 aromatic rings. The van der Waals surface area contributed by atoms with Crippen LogP contribution in [0.15, 0.2) is 42.6 Å². The maximum Gasteiger partial charge on any atom is 0.128 e. The molecule has 100 valence electrons. The van der Waals surface area contributed by atoms with Crippen molar-refractivity contribution in [2.24, 2.45) is 0 Å². The average Bonchev–Trinajstić information content (AvgIpc) is 2.47. The van der Waals surface area contributed by atoms with Gasteiger partial charge in [0.1, 0.15) is 11.5 Å². The predicted octanol–water partition coefficient (Wildman–Crippen LogP) is 2.37. The smallest absolute Gasteiger partial charge is 0.128 e. The summed E-state index contributed by atoms with van der Waals surface area (Å²) < 4.78 is 10.6. The van der Waals surface area contributed by atoms with Crippen LogP contribution >= 0.6 is 0 Å². The second-order valence-corrected chi connectivity index (χ2v) is 4.12. The Bertz CT molecular complexity index is 506. The molecule has 0 aliphatic heterocycles. The Balaban J connectivity index is 2.30. The van der Waals surface area contributed by atoms with Gasteiger partial charge in [-0.05, 0) is 24.3 Å². The van der Waals surface area contributed by atoms with E-state index in [0.717, 1.165) is 5.69 Å². The van der Waals surface area contributed by atoms with Crippen LogP contribution < -0.4 is 9.47 Å². The van der Waals surface area contributed by atoms with Crippen molar-refractivity contribution in [1.82, 2.24) is 4.98 Å². The van der Waals surface area contributed by atoms with Gasteiger partial charge in [-0.15, -0.1) is 0 Å². The van der Waals surface area contributed by atoms with Gasteiger partial charge in [-0.2, -0.15) is 0 Å². The number of benzene rings is 1. The van der Waals surface area contributed by atoms with Gasteiger partial charge in [-0.3, -0.25) is 4.98 Å². The zero-order chi connectivity index (χ0) is 13.7. The second-order valence-electron chi connectivity index (χ2n) is 4.12. The molecule has 0 saturated heterocycles. The molecule has 4 nitrogen and oxygen atoms in total.